The molecule has 0 radical (unpaired) electrons. The Balaban J connectivity index is 1.88. The van der Waals surface area contributed by atoms with E-state index in [1.54, 1.807) is 12.4 Å². The predicted octanol–water partition coefficient (Wildman–Crippen LogP) is 1.70. The van der Waals surface area contributed by atoms with Gasteiger partial charge in [0.25, 0.3) is 0 Å². The summed E-state index contributed by atoms with van der Waals surface area (Å²) in [5, 5.41) is 3.30. The molecule has 2 rings (SSSR count). The van der Waals surface area contributed by atoms with Crippen LogP contribution in [0.2, 0.25) is 0 Å². The van der Waals surface area contributed by atoms with Gasteiger partial charge in [-0.25, -0.2) is 4.99 Å². The average molecular weight is 348 g/mol. The van der Waals surface area contributed by atoms with E-state index in [1.165, 1.54) is 0 Å². The minimum atomic E-state index is -0.108. The maximum Gasteiger partial charge on any atom is 0.310 e. The highest BCUT2D eigenvalue weighted by Gasteiger charge is 2.28. The Morgan fingerprint density at radius 3 is 3.08 bits per heavy atom. The molecule has 1 unspecified atom stereocenters. The summed E-state index contributed by atoms with van der Waals surface area (Å²) in [6.07, 6.45) is 5.23. The molecule has 1 aliphatic heterocycles. The highest BCUT2D eigenvalue weighted by atomic mass is 16.5. The molecule has 25 heavy (non-hydrogen) atoms. The van der Waals surface area contributed by atoms with Crippen LogP contribution in [0.1, 0.15) is 26.7 Å². The van der Waals surface area contributed by atoms with E-state index in [0.29, 0.717) is 26.3 Å². The molecule has 1 atom stereocenters. The van der Waals surface area contributed by atoms with Gasteiger partial charge in [-0.2, -0.15) is 0 Å². The van der Waals surface area contributed by atoms with E-state index >= 15 is 0 Å². The van der Waals surface area contributed by atoms with Crippen molar-refractivity contribution < 1.29 is 14.3 Å². The molecule has 1 saturated heterocycles. The van der Waals surface area contributed by atoms with Gasteiger partial charge in [0.05, 0.1) is 25.3 Å². The Hall–Kier alpha value is -2.31. The fraction of sp³-hybridized carbons (Fsp3) is 0.611. The number of nitrogens with zero attached hydrogens (tertiary/aromatic N) is 3. The number of aromatic nitrogens is 1. The average Bonchev–Trinajstić information content (AvgIpc) is 2.65. The van der Waals surface area contributed by atoms with Crippen molar-refractivity contribution in [3.05, 3.63) is 24.5 Å². The molecule has 7 heteroatoms. The zero-order valence-electron chi connectivity index (χ0n) is 15.1. The van der Waals surface area contributed by atoms with Gasteiger partial charge < -0.3 is 19.7 Å². The standard InChI is InChI=1S/C18H28N4O3/c1-3-20-18(21-10-12-25-16-8-5-9-19-13-16)22-11-6-7-15(14-22)17(23)24-4-2/h5,8-9,13,15H,3-4,6-7,10-12,14H2,1-2H3,(H,20,21). The van der Waals surface area contributed by atoms with Crippen LogP contribution in [-0.2, 0) is 9.53 Å². The van der Waals surface area contributed by atoms with Crippen molar-refractivity contribution >= 4 is 11.9 Å². The third-order valence-electron chi connectivity index (χ3n) is 3.93. The summed E-state index contributed by atoms with van der Waals surface area (Å²) in [6, 6.07) is 3.71. The van der Waals surface area contributed by atoms with Gasteiger partial charge in [-0.05, 0) is 38.8 Å². The molecule has 0 saturated carbocycles. The van der Waals surface area contributed by atoms with Gasteiger partial charge in [-0.1, -0.05) is 0 Å². The normalized spacial score (nSPS) is 17.9. The van der Waals surface area contributed by atoms with Crippen LogP contribution < -0.4 is 10.1 Å². The second-order valence-electron chi connectivity index (χ2n) is 5.81. The van der Waals surface area contributed by atoms with Gasteiger partial charge in [0, 0.05) is 25.8 Å². The summed E-state index contributed by atoms with van der Waals surface area (Å²) >= 11 is 0. The van der Waals surface area contributed by atoms with E-state index in [9.17, 15) is 4.79 Å². The number of guanidine groups is 1. The van der Waals surface area contributed by atoms with E-state index in [-0.39, 0.29) is 11.9 Å². The fourth-order valence-corrected chi connectivity index (χ4v) is 2.80. The summed E-state index contributed by atoms with van der Waals surface area (Å²) in [4.78, 5) is 22.8. The van der Waals surface area contributed by atoms with E-state index in [1.807, 2.05) is 26.0 Å². The molecule has 1 aromatic rings. The Morgan fingerprint density at radius 2 is 2.36 bits per heavy atom. The van der Waals surface area contributed by atoms with Crippen LogP contribution in [-0.4, -0.2) is 61.2 Å². The maximum atomic E-state index is 12.0. The van der Waals surface area contributed by atoms with Crippen LogP contribution >= 0.6 is 0 Å². The highest BCUT2D eigenvalue weighted by Crippen LogP contribution is 2.18. The van der Waals surface area contributed by atoms with Crippen molar-refractivity contribution in [2.75, 3.05) is 39.4 Å². The number of piperidine rings is 1. The van der Waals surface area contributed by atoms with Crippen molar-refractivity contribution in [1.82, 2.24) is 15.2 Å². The van der Waals surface area contributed by atoms with Crippen LogP contribution in [0, 0.1) is 5.92 Å². The third kappa shape index (κ3) is 6.25. The minimum Gasteiger partial charge on any atom is -0.490 e. The molecule has 1 aromatic heterocycles. The molecule has 0 aliphatic carbocycles. The first-order valence-electron chi connectivity index (χ1n) is 8.97. The Bertz CT molecular complexity index is 551. The van der Waals surface area contributed by atoms with Crippen molar-refractivity contribution in [1.29, 1.82) is 0 Å². The van der Waals surface area contributed by atoms with Crippen LogP contribution in [0.3, 0.4) is 0 Å². The number of esters is 1. The van der Waals surface area contributed by atoms with Gasteiger partial charge in [0.1, 0.15) is 12.4 Å². The molecule has 1 N–H and O–H groups in total. The lowest BCUT2D eigenvalue weighted by Gasteiger charge is -2.34. The fourth-order valence-electron chi connectivity index (χ4n) is 2.80. The summed E-state index contributed by atoms with van der Waals surface area (Å²) in [5.41, 5.74) is 0. The summed E-state index contributed by atoms with van der Waals surface area (Å²) in [5.74, 6) is 1.38. The first-order valence-corrected chi connectivity index (χ1v) is 8.97. The van der Waals surface area contributed by atoms with Gasteiger partial charge in [-0.3, -0.25) is 9.78 Å². The molecule has 7 nitrogen and oxygen atoms in total. The van der Waals surface area contributed by atoms with Gasteiger partial charge in [0.2, 0.25) is 0 Å². The molecule has 0 amide bonds. The quantitative estimate of drug-likeness (QED) is 0.350. The number of hydrogen-bond acceptors (Lipinski definition) is 5. The van der Waals surface area contributed by atoms with E-state index in [4.69, 9.17) is 9.47 Å². The van der Waals surface area contributed by atoms with Crippen LogP contribution in [0.15, 0.2) is 29.5 Å². The first-order chi connectivity index (χ1) is 12.2. The number of carbonyl (C=O) groups is 1. The number of carbonyl (C=O) groups excluding carboxylic acids is 1. The Morgan fingerprint density at radius 1 is 1.48 bits per heavy atom. The van der Waals surface area contributed by atoms with E-state index in [0.717, 1.165) is 37.6 Å². The monoisotopic (exact) mass is 348 g/mol. The Kier molecular flexibility index (Phi) is 8.01. The number of pyridine rings is 1. The molecular weight excluding hydrogens is 320 g/mol. The van der Waals surface area contributed by atoms with Gasteiger partial charge in [0.15, 0.2) is 5.96 Å². The molecule has 1 aliphatic rings. The van der Waals surface area contributed by atoms with Crippen LogP contribution in [0.25, 0.3) is 0 Å². The van der Waals surface area contributed by atoms with Crippen LogP contribution in [0.5, 0.6) is 5.75 Å². The SMILES string of the molecule is CCNC(=NCCOc1cccnc1)N1CCCC(C(=O)OCC)C1. The number of ether oxygens (including phenoxy) is 2. The number of rotatable bonds is 7. The molecule has 2 heterocycles. The lowest BCUT2D eigenvalue weighted by molar-refractivity contribution is -0.149. The second kappa shape index (κ2) is 10.5. The molecule has 138 valence electrons. The third-order valence-corrected chi connectivity index (χ3v) is 3.93. The number of nitrogens with one attached hydrogen (secondary N) is 1. The number of likely N-dealkylation sites (tertiary alicyclic amines) is 1. The summed E-state index contributed by atoms with van der Waals surface area (Å²) < 4.78 is 10.8. The lowest BCUT2D eigenvalue weighted by Crippen LogP contribution is -2.48. The first kappa shape index (κ1) is 19.0. The molecule has 1 fully saturated rings. The van der Waals surface area contributed by atoms with Crippen molar-refractivity contribution in [2.24, 2.45) is 10.9 Å². The second-order valence-corrected chi connectivity index (χ2v) is 5.81. The van der Waals surface area contributed by atoms with Gasteiger partial charge >= 0.3 is 5.97 Å². The topological polar surface area (TPSA) is 76.1 Å². The van der Waals surface area contributed by atoms with E-state index in [2.05, 4.69) is 20.2 Å². The number of hydrogen-bond donors (Lipinski definition) is 1. The van der Waals surface area contributed by atoms with Crippen molar-refractivity contribution in [3.63, 3.8) is 0 Å². The Labute approximate surface area is 149 Å². The zero-order valence-corrected chi connectivity index (χ0v) is 15.1. The molecule has 0 aromatic carbocycles. The predicted molar refractivity (Wildman–Crippen MR) is 96.6 cm³/mol. The molecule has 0 spiro atoms. The maximum absolute atomic E-state index is 12.0. The highest BCUT2D eigenvalue weighted by molar-refractivity contribution is 5.81. The van der Waals surface area contributed by atoms with Gasteiger partial charge in [-0.15, -0.1) is 0 Å². The summed E-state index contributed by atoms with van der Waals surface area (Å²) in [6.45, 7) is 7.64. The largest absolute Gasteiger partial charge is 0.490 e. The van der Waals surface area contributed by atoms with E-state index < -0.39 is 0 Å². The zero-order chi connectivity index (χ0) is 17.9. The number of aliphatic imine (C=N–C) groups is 1. The summed E-state index contributed by atoms with van der Waals surface area (Å²) in [7, 11) is 0. The lowest BCUT2D eigenvalue weighted by atomic mass is 9.98. The van der Waals surface area contributed by atoms with Crippen molar-refractivity contribution in [3.8, 4) is 5.75 Å². The van der Waals surface area contributed by atoms with Crippen molar-refractivity contribution in [2.45, 2.75) is 26.7 Å². The molecular formula is C18H28N4O3. The minimum absolute atomic E-state index is 0.0794. The van der Waals surface area contributed by atoms with Crippen LogP contribution in [0.4, 0.5) is 0 Å². The molecule has 0 bridgehead atoms. The smallest absolute Gasteiger partial charge is 0.310 e.